The van der Waals surface area contributed by atoms with E-state index in [2.05, 4.69) is 0 Å². The summed E-state index contributed by atoms with van der Waals surface area (Å²) < 4.78 is 5.20. The van der Waals surface area contributed by atoms with Gasteiger partial charge in [-0.05, 0) is 25.8 Å². The highest BCUT2D eigenvalue weighted by Crippen LogP contribution is 2.07. The quantitative estimate of drug-likeness (QED) is 0.708. The van der Waals surface area contributed by atoms with Crippen LogP contribution >= 0.6 is 0 Å². The number of hydrogen-bond acceptors (Lipinski definition) is 2. The molecule has 0 aliphatic carbocycles. The Bertz CT molecular complexity index is 331. The van der Waals surface area contributed by atoms with Crippen molar-refractivity contribution in [2.75, 3.05) is 0 Å². The van der Waals surface area contributed by atoms with Gasteiger partial charge in [0.2, 0.25) is 0 Å². The average Bonchev–Trinajstić information content (AvgIpc) is 2.17. The largest absolute Gasteiger partial charge is 0.462 e. The van der Waals surface area contributed by atoms with Gasteiger partial charge in [-0.15, -0.1) is 0 Å². The number of ether oxygens (including phenoxy) is 1. The summed E-state index contributed by atoms with van der Waals surface area (Å²) >= 11 is 0. The molecular weight excluding hydrogens is 188 g/mol. The van der Waals surface area contributed by atoms with Crippen LogP contribution in [0.4, 0.5) is 0 Å². The van der Waals surface area contributed by atoms with E-state index in [-0.39, 0.29) is 12.1 Å². The number of esters is 1. The molecule has 0 amide bonds. The van der Waals surface area contributed by atoms with Gasteiger partial charge >= 0.3 is 5.97 Å². The van der Waals surface area contributed by atoms with Crippen LogP contribution < -0.4 is 0 Å². The number of hydrogen-bond donors (Lipinski definition) is 0. The maximum absolute atomic E-state index is 11.5. The topological polar surface area (TPSA) is 26.3 Å². The molecule has 0 radical (unpaired) electrons. The number of carbonyl (C=O) groups is 1. The summed E-state index contributed by atoms with van der Waals surface area (Å²) in [5.74, 6) is -0.144. The summed E-state index contributed by atoms with van der Waals surface area (Å²) in [6, 6.07) is 7.94. The second kappa shape index (κ2) is 5.54. The highest BCUT2D eigenvalue weighted by Gasteiger charge is 2.08. The van der Waals surface area contributed by atoms with Crippen LogP contribution in [0.3, 0.4) is 0 Å². The Balaban J connectivity index is 2.51. The molecular formula is C13H18O2. The molecule has 82 valence electrons. The van der Waals surface area contributed by atoms with E-state index in [1.165, 1.54) is 5.56 Å². The Morgan fingerprint density at radius 1 is 1.47 bits per heavy atom. The Hall–Kier alpha value is -1.31. The lowest BCUT2D eigenvalue weighted by molar-refractivity contribution is -0.147. The van der Waals surface area contributed by atoms with Gasteiger partial charge in [0.15, 0.2) is 0 Å². The fourth-order valence-corrected chi connectivity index (χ4v) is 1.34. The molecule has 0 aliphatic heterocycles. The van der Waals surface area contributed by atoms with Gasteiger partial charge in [0, 0.05) is 0 Å². The Kier molecular flexibility index (Phi) is 4.35. The van der Waals surface area contributed by atoms with E-state index in [4.69, 9.17) is 4.74 Å². The minimum absolute atomic E-state index is 0.0160. The number of carbonyl (C=O) groups excluding carboxylic acids is 1. The first kappa shape index (κ1) is 11.8. The van der Waals surface area contributed by atoms with E-state index in [1.807, 2.05) is 45.0 Å². The van der Waals surface area contributed by atoms with Crippen LogP contribution in [0.1, 0.15) is 31.4 Å². The lowest BCUT2D eigenvalue weighted by Gasteiger charge is -2.10. The summed E-state index contributed by atoms with van der Waals surface area (Å²) in [6.45, 7) is 5.93. The Labute approximate surface area is 91.3 Å². The summed E-state index contributed by atoms with van der Waals surface area (Å²) in [6.07, 6.45) is 1.24. The third-order valence-electron chi connectivity index (χ3n) is 2.34. The number of benzene rings is 1. The zero-order valence-corrected chi connectivity index (χ0v) is 9.62. The fraction of sp³-hybridized carbons (Fsp3) is 0.462. The van der Waals surface area contributed by atoms with E-state index in [0.717, 1.165) is 12.0 Å². The minimum atomic E-state index is -0.144. The predicted octanol–water partition coefficient (Wildman–Crippen LogP) is 2.88. The zero-order chi connectivity index (χ0) is 11.3. The van der Waals surface area contributed by atoms with Crippen LogP contribution in [0.15, 0.2) is 24.3 Å². The van der Waals surface area contributed by atoms with Crippen LogP contribution in [-0.2, 0) is 16.0 Å². The predicted molar refractivity (Wildman–Crippen MR) is 60.7 cm³/mol. The van der Waals surface area contributed by atoms with Gasteiger partial charge in [-0.1, -0.05) is 36.8 Å². The molecule has 0 fully saturated rings. The standard InChI is InChI=1S/C13H18O2/c1-4-11(3)15-13(14)9-12-7-5-6-10(2)8-12/h5-8,11H,4,9H2,1-3H3. The average molecular weight is 206 g/mol. The molecule has 0 aromatic heterocycles. The lowest BCUT2D eigenvalue weighted by Crippen LogP contribution is -2.15. The second-order valence-corrected chi connectivity index (χ2v) is 3.87. The van der Waals surface area contributed by atoms with Crippen LogP contribution in [-0.4, -0.2) is 12.1 Å². The van der Waals surface area contributed by atoms with E-state index < -0.39 is 0 Å². The molecule has 0 bridgehead atoms. The Morgan fingerprint density at radius 2 is 2.20 bits per heavy atom. The van der Waals surface area contributed by atoms with E-state index in [0.29, 0.717) is 6.42 Å². The molecule has 0 saturated carbocycles. The SMILES string of the molecule is CCC(C)OC(=O)Cc1cccc(C)c1. The zero-order valence-electron chi connectivity index (χ0n) is 9.62. The number of rotatable bonds is 4. The van der Waals surface area contributed by atoms with Crippen molar-refractivity contribution in [3.05, 3.63) is 35.4 Å². The Morgan fingerprint density at radius 3 is 2.80 bits per heavy atom. The van der Waals surface area contributed by atoms with E-state index in [9.17, 15) is 4.79 Å². The van der Waals surface area contributed by atoms with Gasteiger partial charge in [0.25, 0.3) is 0 Å². The molecule has 2 nitrogen and oxygen atoms in total. The molecule has 1 aromatic rings. The third-order valence-corrected chi connectivity index (χ3v) is 2.34. The van der Waals surface area contributed by atoms with Crippen LogP contribution in [0.25, 0.3) is 0 Å². The molecule has 0 aliphatic rings. The van der Waals surface area contributed by atoms with Gasteiger partial charge in [0.1, 0.15) is 0 Å². The van der Waals surface area contributed by atoms with Crippen LogP contribution in [0.5, 0.6) is 0 Å². The van der Waals surface area contributed by atoms with Crippen molar-refractivity contribution in [1.82, 2.24) is 0 Å². The van der Waals surface area contributed by atoms with Crippen molar-refractivity contribution < 1.29 is 9.53 Å². The maximum Gasteiger partial charge on any atom is 0.310 e. The molecule has 0 spiro atoms. The summed E-state index contributed by atoms with van der Waals surface area (Å²) in [5, 5.41) is 0. The van der Waals surface area contributed by atoms with Crippen LogP contribution in [0.2, 0.25) is 0 Å². The lowest BCUT2D eigenvalue weighted by atomic mass is 10.1. The first-order chi connectivity index (χ1) is 7.11. The molecule has 2 heteroatoms. The van der Waals surface area contributed by atoms with Crippen molar-refractivity contribution in [2.24, 2.45) is 0 Å². The van der Waals surface area contributed by atoms with Gasteiger partial charge in [-0.25, -0.2) is 0 Å². The molecule has 0 N–H and O–H groups in total. The van der Waals surface area contributed by atoms with Gasteiger partial charge < -0.3 is 4.74 Å². The van der Waals surface area contributed by atoms with Crippen molar-refractivity contribution in [3.8, 4) is 0 Å². The van der Waals surface area contributed by atoms with Crippen molar-refractivity contribution in [3.63, 3.8) is 0 Å². The van der Waals surface area contributed by atoms with Crippen molar-refractivity contribution >= 4 is 5.97 Å². The van der Waals surface area contributed by atoms with Gasteiger partial charge in [-0.2, -0.15) is 0 Å². The fourth-order valence-electron chi connectivity index (χ4n) is 1.34. The minimum Gasteiger partial charge on any atom is -0.462 e. The van der Waals surface area contributed by atoms with Gasteiger partial charge in [-0.3, -0.25) is 4.79 Å². The van der Waals surface area contributed by atoms with Crippen molar-refractivity contribution in [1.29, 1.82) is 0 Å². The summed E-state index contributed by atoms with van der Waals surface area (Å²) in [5.41, 5.74) is 2.19. The monoisotopic (exact) mass is 206 g/mol. The van der Waals surface area contributed by atoms with Gasteiger partial charge in [0.05, 0.1) is 12.5 Å². The first-order valence-corrected chi connectivity index (χ1v) is 5.37. The van der Waals surface area contributed by atoms with E-state index in [1.54, 1.807) is 0 Å². The molecule has 1 aromatic carbocycles. The normalized spacial score (nSPS) is 12.2. The maximum atomic E-state index is 11.5. The number of aryl methyl sites for hydroxylation is 1. The molecule has 0 heterocycles. The molecule has 1 rings (SSSR count). The highest BCUT2D eigenvalue weighted by atomic mass is 16.5. The molecule has 0 saturated heterocycles. The summed E-state index contributed by atoms with van der Waals surface area (Å²) in [4.78, 5) is 11.5. The van der Waals surface area contributed by atoms with E-state index >= 15 is 0 Å². The first-order valence-electron chi connectivity index (χ1n) is 5.37. The molecule has 15 heavy (non-hydrogen) atoms. The smallest absolute Gasteiger partial charge is 0.310 e. The molecule has 1 atom stereocenters. The van der Waals surface area contributed by atoms with Crippen LogP contribution in [0, 0.1) is 6.92 Å². The second-order valence-electron chi connectivity index (χ2n) is 3.87. The molecule has 1 unspecified atom stereocenters. The third kappa shape index (κ3) is 4.15. The van der Waals surface area contributed by atoms with Crippen molar-refractivity contribution in [2.45, 2.75) is 39.7 Å². The summed E-state index contributed by atoms with van der Waals surface area (Å²) in [7, 11) is 0. The highest BCUT2D eigenvalue weighted by molar-refractivity contribution is 5.72.